The van der Waals surface area contributed by atoms with Crippen LogP contribution in [0.1, 0.15) is 28.5 Å². The molecule has 31 heavy (non-hydrogen) atoms. The van der Waals surface area contributed by atoms with Gasteiger partial charge in [0.25, 0.3) is 0 Å². The number of benzene rings is 2. The van der Waals surface area contributed by atoms with Crippen molar-refractivity contribution < 1.29 is 9.05 Å². The van der Waals surface area contributed by atoms with E-state index in [0.29, 0.717) is 12.5 Å². The first-order valence-electron chi connectivity index (χ1n) is 10.2. The van der Waals surface area contributed by atoms with Crippen LogP contribution in [0.4, 0.5) is 5.95 Å². The van der Waals surface area contributed by atoms with Crippen molar-refractivity contribution in [3.63, 3.8) is 0 Å². The van der Waals surface area contributed by atoms with E-state index in [9.17, 15) is 0 Å². The van der Waals surface area contributed by atoms with E-state index in [4.69, 9.17) is 14.0 Å². The molecule has 2 N–H and O–H groups in total. The van der Waals surface area contributed by atoms with Gasteiger partial charge < -0.3 is 19.3 Å². The lowest BCUT2D eigenvalue weighted by molar-refractivity contribution is 0.393. The van der Waals surface area contributed by atoms with Gasteiger partial charge in [0.05, 0.1) is 22.4 Å². The Morgan fingerprint density at radius 1 is 0.871 bits per heavy atom. The molecule has 3 aromatic heterocycles. The van der Waals surface area contributed by atoms with Gasteiger partial charge in [-0.3, -0.25) is 0 Å². The standard InChI is InChI=1S/C24H23N5O2/c1-13-21(15(3)30-28-13)18-10-19(22-14(2)29-31-16(22)4)23-20(11-18)26-24(27-23)25-12-17-8-6-5-7-9-17/h5-11H,12H2,1-4H3,(H2,25,26,27). The lowest BCUT2D eigenvalue weighted by Crippen LogP contribution is -2.00. The van der Waals surface area contributed by atoms with Crippen LogP contribution in [0.25, 0.3) is 33.3 Å². The highest BCUT2D eigenvalue weighted by Gasteiger charge is 2.21. The summed E-state index contributed by atoms with van der Waals surface area (Å²) in [7, 11) is 0. The Balaban J connectivity index is 1.65. The molecule has 0 amide bonds. The van der Waals surface area contributed by atoms with Gasteiger partial charge >= 0.3 is 0 Å². The van der Waals surface area contributed by atoms with Crippen LogP contribution in [-0.4, -0.2) is 20.3 Å². The van der Waals surface area contributed by atoms with E-state index in [2.05, 4.69) is 44.9 Å². The molecular weight excluding hydrogens is 390 g/mol. The highest BCUT2D eigenvalue weighted by atomic mass is 16.5. The fraction of sp³-hybridized carbons (Fsp3) is 0.208. The maximum atomic E-state index is 5.45. The Kier molecular flexibility index (Phi) is 4.58. The van der Waals surface area contributed by atoms with E-state index in [1.807, 2.05) is 45.9 Å². The van der Waals surface area contributed by atoms with Gasteiger partial charge in [-0.2, -0.15) is 0 Å². The number of aromatic nitrogens is 4. The number of nitrogens with one attached hydrogen (secondary N) is 2. The number of nitrogens with zero attached hydrogens (tertiary/aromatic N) is 3. The molecule has 0 radical (unpaired) electrons. The monoisotopic (exact) mass is 413 g/mol. The number of fused-ring (bicyclic) bond motifs is 1. The zero-order valence-electron chi connectivity index (χ0n) is 17.9. The highest BCUT2D eigenvalue weighted by molar-refractivity contribution is 5.98. The van der Waals surface area contributed by atoms with Gasteiger partial charge in [-0.1, -0.05) is 40.6 Å². The van der Waals surface area contributed by atoms with Gasteiger partial charge in [-0.05, 0) is 51.0 Å². The Morgan fingerprint density at radius 2 is 1.55 bits per heavy atom. The molecule has 5 rings (SSSR count). The molecule has 0 saturated carbocycles. The summed E-state index contributed by atoms with van der Waals surface area (Å²) in [5.74, 6) is 2.25. The third kappa shape index (κ3) is 3.38. The minimum Gasteiger partial charge on any atom is -0.361 e. The van der Waals surface area contributed by atoms with Crippen LogP contribution >= 0.6 is 0 Å². The SMILES string of the molecule is Cc1noc(C)c1-c1cc(-c2c(C)noc2C)c2nc(NCc3ccccc3)[nH]c2c1. The summed E-state index contributed by atoms with van der Waals surface area (Å²) < 4.78 is 10.9. The Bertz CT molecular complexity index is 1340. The second-order valence-electron chi connectivity index (χ2n) is 7.74. The van der Waals surface area contributed by atoms with Crippen LogP contribution in [-0.2, 0) is 6.54 Å². The summed E-state index contributed by atoms with van der Waals surface area (Å²) in [4.78, 5) is 8.28. The number of anilines is 1. The summed E-state index contributed by atoms with van der Waals surface area (Å²) >= 11 is 0. The number of hydrogen-bond acceptors (Lipinski definition) is 6. The van der Waals surface area contributed by atoms with Crippen LogP contribution in [0.5, 0.6) is 0 Å². The molecule has 0 atom stereocenters. The number of H-pyrrole nitrogens is 1. The molecule has 0 aliphatic heterocycles. The molecule has 3 heterocycles. The summed E-state index contributed by atoms with van der Waals surface area (Å²) in [6.07, 6.45) is 0. The molecule has 2 aromatic carbocycles. The molecule has 0 fully saturated rings. The highest BCUT2D eigenvalue weighted by Crippen LogP contribution is 2.38. The van der Waals surface area contributed by atoms with Gasteiger partial charge in [0.2, 0.25) is 5.95 Å². The first kappa shape index (κ1) is 19.1. The van der Waals surface area contributed by atoms with Crippen LogP contribution in [0.3, 0.4) is 0 Å². The Labute approximate surface area is 179 Å². The fourth-order valence-electron chi connectivity index (χ4n) is 4.08. The predicted octanol–water partition coefficient (Wildman–Crippen LogP) is 5.72. The first-order chi connectivity index (χ1) is 15.0. The molecule has 0 spiro atoms. The number of aryl methyl sites for hydroxylation is 4. The van der Waals surface area contributed by atoms with Gasteiger partial charge in [0.1, 0.15) is 11.5 Å². The number of hydrogen-bond donors (Lipinski definition) is 2. The van der Waals surface area contributed by atoms with E-state index in [1.165, 1.54) is 5.56 Å². The minimum absolute atomic E-state index is 0.679. The van der Waals surface area contributed by atoms with E-state index in [0.717, 1.165) is 56.2 Å². The molecule has 7 heteroatoms. The van der Waals surface area contributed by atoms with Gasteiger partial charge in [-0.25, -0.2) is 4.98 Å². The topological polar surface area (TPSA) is 92.8 Å². The average Bonchev–Trinajstić information content (AvgIpc) is 3.43. The molecule has 0 aliphatic carbocycles. The minimum atomic E-state index is 0.679. The molecule has 0 aliphatic rings. The third-order valence-electron chi connectivity index (χ3n) is 5.51. The Morgan fingerprint density at radius 3 is 2.19 bits per heavy atom. The van der Waals surface area contributed by atoms with Crippen molar-refractivity contribution in [1.29, 1.82) is 0 Å². The summed E-state index contributed by atoms with van der Waals surface area (Å²) in [6, 6.07) is 14.4. The van der Waals surface area contributed by atoms with Gasteiger partial charge in [0, 0.05) is 23.2 Å². The van der Waals surface area contributed by atoms with Crippen molar-refractivity contribution in [1.82, 2.24) is 20.3 Å². The maximum Gasteiger partial charge on any atom is 0.201 e. The van der Waals surface area contributed by atoms with Gasteiger partial charge in [0.15, 0.2) is 0 Å². The summed E-state index contributed by atoms with van der Waals surface area (Å²) in [5, 5.41) is 11.7. The predicted molar refractivity (Wildman–Crippen MR) is 120 cm³/mol. The molecular formula is C24H23N5O2. The van der Waals surface area contributed by atoms with Crippen LogP contribution in [0.2, 0.25) is 0 Å². The maximum absolute atomic E-state index is 5.45. The number of aromatic amines is 1. The average molecular weight is 413 g/mol. The van der Waals surface area contributed by atoms with Crippen molar-refractivity contribution in [2.24, 2.45) is 0 Å². The molecule has 0 saturated heterocycles. The van der Waals surface area contributed by atoms with Crippen molar-refractivity contribution in [2.45, 2.75) is 34.2 Å². The molecule has 0 unspecified atom stereocenters. The van der Waals surface area contributed by atoms with Crippen molar-refractivity contribution in [3.8, 4) is 22.3 Å². The first-order valence-corrected chi connectivity index (χ1v) is 10.2. The number of imidazole rings is 1. The molecule has 156 valence electrons. The van der Waals surface area contributed by atoms with Crippen molar-refractivity contribution >= 4 is 17.0 Å². The van der Waals surface area contributed by atoms with E-state index in [1.54, 1.807) is 0 Å². The second kappa shape index (κ2) is 7.43. The fourth-order valence-corrected chi connectivity index (χ4v) is 4.08. The third-order valence-corrected chi connectivity index (χ3v) is 5.51. The molecule has 0 bridgehead atoms. The van der Waals surface area contributed by atoms with Crippen LogP contribution in [0.15, 0.2) is 51.5 Å². The van der Waals surface area contributed by atoms with Crippen molar-refractivity contribution in [2.75, 3.05) is 5.32 Å². The normalized spacial score (nSPS) is 11.4. The quantitative estimate of drug-likeness (QED) is 0.383. The smallest absolute Gasteiger partial charge is 0.201 e. The zero-order valence-corrected chi connectivity index (χ0v) is 17.9. The molecule has 5 aromatic rings. The van der Waals surface area contributed by atoms with Crippen molar-refractivity contribution in [3.05, 3.63) is 70.9 Å². The zero-order chi connectivity index (χ0) is 21.5. The Hall–Kier alpha value is -3.87. The van der Waals surface area contributed by atoms with Crippen LogP contribution in [0, 0.1) is 27.7 Å². The van der Waals surface area contributed by atoms with Crippen LogP contribution < -0.4 is 5.32 Å². The van der Waals surface area contributed by atoms with E-state index in [-0.39, 0.29) is 0 Å². The second-order valence-corrected chi connectivity index (χ2v) is 7.74. The lowest BCUT2D eigenvalue weighted by atomic mass is 9.96. The van der Waals surface area contributed by atoms with Gasteiger partial charge in [-0.15, -0.1) is 0 Å². The summed E-state index contributed by atoms with van der Waals surface area (Å²) in [6.45, 7) is 8.42. The largest absolute Gasteiger partial charge is 0.361 e. The van der Waals surface area contributed by atoms with E-state index >= 15 is 0 Å². The molecule has 7 nitrogen and oxygen atoms in total. The lowest BCUT2D eigenvalue weighted by Gasteiger charge is -2.07. The van der Waals surface area contributed by atoms with E-state index < -0.39 is 0 Å². The summed E-state index contributed by atoms with van der Waals surface area (Å²) in [5.41, 5.74) is 8.57. The number of rotatable bonds is 5.